The van der Waals surface area contributed by atoms with Crippen molar-refractivity contribution in [3.63, 3.8) is 0 Å². The van der Waals surface area contributed by atoms with Crippen LogP contribution in [0.5, 0.6) is 17.2 Å². The number of phenols is 1. The lowest BCUT2D eigenvalue weighted by Crippen LogP contribution is -2.42. The molecule has 2 aromatic rings. The fourth-order valence-electron chi connectivity index (χ4n) is 2.20. The van der Waals surface area contributed by atoms with Gasteiger partial charge in [0.05, 0.1) is 5.71 Å². The third-order valence-electron chi connectivity index (χ3n) is 3.43. The van der Waals surface area contributed by atoms with Crippen LogP contribution in [0.1, 0.15) is 12.5 Å². The number of nitrogens with one attached hydrogen (secondary N) is 1. The summed E-state index contributed by atoms with van der Waals surface area (Å²) in [5.74, 6) is 0.842. The molecule has 2 aromatic carbocycles. The smallest absolute Gasteiger partial charge is 0.284 e. The first-order valence-corrected chi connectivity index (χ1v) is 7.16. The Morgan fingerprint density at radius 2 is 1.87 bits per heavy atom. The molecule has 1 amide bonds. The third kappa shape index (κ3) is 3.26. The summed E-state index contributed by atoms with van der Waals surface area (Å²) in [4.78, 5) is 12.1. The van der Waals surface area contributed by atoms with Crippen LogP contribution in [-0.4, -0.2) is 29.4 Å². The van der Waals surface area contributed by atoms with E-state index in [9.17, 15) is 9.90 Å². The number of ether oxygens (including phenoxy) is 2. The lowest BCUT2D eigenvalue weighted by atomic mass is 10.1. The molecule has 0 aliphatic carbocycles. The maximum Gasteiger partial charge on any atom is 0.284 e. The molecular formula is C17H16N2O4. The van der Waals surface area contributed by atoms with E-state index < -0.39 is 12.0 Å². The Kier molecular flexibility index (Phi) is 4.14. The number of phenolic OH excluding ortho intramolecular Hbond substituents is 1. The number of para-hydroxylation sites is 3. The highest BCUT2D eigenvalue weighted by atomic mass is 16.6. The molecule has 1 aliphatic rings. The number of fused-ring (bicyclic) bond motifs is 1. The first kappa shape index (κ1) is 14.9. The summed E-state index contributed by atoms with van der Waals surface area (Å²) in [5.41, 5.74) is 3.49. The summed E-state index contributed by atoms with van der Waals surface area (Å²) in [6, 6.07) is 13.9. The second kappa shape index (κ2) is 6.39. The Labute approximate surface area is 133 Å². The minimum atomic E-state index is -0.772. The second-order valence-corrected chi connectivity index (χ2v) is 5.05. The lowest BCUT2D eigenvalue weighted by molar-refractivity contribution is -0.130. The molecule has 0 fully saturated rings. The van der Waals surface area contributed by atoms with Crippen molar-refractivity contribution in [1.82, 2.24) is 5.43 Å². The monoisotopic (exact) mass is 312 g/mol. The highest BCUT2D eigenvalue weighted by molar-refractivity contribution is 6.01. The van der Waals surface area contributed by atoms with E-state index in [0.717, 1.165) is 0 Å². The lowest BCUT2D eigenvalue weighted by Gasteiger charge is -2.24. The Morgan fingerprint density at radius 3 is 2.65 bits per heavy atom. The number of amides is 1. The van der Waals surface area contributed by atoms with Gasteiger partial charge in [-0.25, -0.2) is 5.43 Å². The summed E-state index contributed by atoms with van der Waals surface area (Å²) < 4.78 is 11.1. The molecule has 118 valence electrons. The van der Waals surface area contributed by atoms with Gasteiger partial charge in [0.15, 0.2) is 11.5 Å². The van der Waals surface area contributed by atoms with Crippen LogP contribution in [0.15, 0.2) is 53.6 Å². The number of hydrogen-bond donors (Lipinski definition) is 2. The molecule has 0 spiro atoms. The molecule has 0 aromatic heterocycles. The van der Waals surface area contributed by atoms with E-state index in [1.165, 1.54) is 0 Å². The minimum absolute atomic E-state index is 0.106. The maximum absolute atomic E-state index is 12.1. The van der Waals surface area contributed by atoms with Gasteiger partial charge in [-0.05, 0) is 31.2 Å². The van der Waals surface area contributed by atoms with Gasteiger partial charge in [0.2, 0.25) is 6.10 Å². The molecule has 0 radical (unpaired) electrons. The van der Waals surface area contributed by atoms with Crippen molar-refractivity contribution >= 4 is 11.6 Å². The summed E-state index contributed by atoms with van der Waals surface area (Å²) in [7, 11) is 0. The van der Waals surface area contributed by atoms with Crippen LogP contribution in [0, 0.1) is 0 Å². The molecular weight excluding hydrogens is 296 g/mol. The normalized spacial score (nSPS) is 16.7. The van der Waals surface area contributed by atoms with Crippen molar-refractivity contribution in [2.24, 2.45) is 5.10 Å². The van der Waals surface area contributed by atoms with Gasteiger partial charge in [-0.1, -0.05) is 24.3 Å². The van der Waals surface area contributed by atoms with Gasteiger partial charge < -0.3 is 14.6 Å². The number of nitrogens with zero attached hydrogens (tertiary/aromatic N) is 1. The molecule has 0 bridgehead atoms. The Balaban J connectivity index is 1.66. The number of hydrazone groups is 1. The Bertz CT molecular complexity index is 758. The van der Waals surface area contributed by atoms with Crippen molar-refractivity contribution in [3.05, 3.63) is 54.1 Å². The molecule has 2 N–H and O–H groups in total. The number of aromatic hydroxyl groups is 1. The molecule has 0 saturated heterocycles. The van der Waals surface area contributed by atoms with Gasteiger partial charge in [-0.3, -0.25) is 4.79 Å². The van der Waals surface area contributed by atoms with Gasteiger partial charge in [-0.15, -0.1) is 0 Å². The zero-order valence-corrected chi connectivity index (χ0v) is 12.5. The summed E-state index contributed by atoms with van der Waals surface area (Å²) in [6.07, 6.45) is -0.772. The zero-order chi connectivity index (χ0) is 16.2. The maximum atomic E-state index is 12.1. The minimum Gasteiger partial charge on any atom is -0.507 e. The van der Waals surface area contributed by atoms with Crippen molar-refractivity contribution < 1.29 is 19.4 Å². The number of benzene rings is 2. The number of rotatable bonds is 3. The summed E-state index contributed by atoms with van der Waals surface area (Å²) in [6.45, 7) is 1.82. The predicted octanol–water partition coefficient (Wildman–Crippen LogP) is 2.07. The van der Waals surface area contributed by atoms with E-state index in [0.29, 0.717) is 22.8 Å². The van der Waals surface area contributed by atoms with Crippen molar-refractivity contribution in [2.45, 2.75) is 13.0 Å². The highest BCUT2D eigenvalue weighted by Crippen LogP contribution is 2.30. The third-order valence-corrected chi connectivity index (χ3v) is 3.43. The van der Waals surface area contributed by atoms with E-state index in [-0.39, 0.29) is 12.4 Å². The predicted molar refractivity (Wildman–Crippen MR) is 84.8 cm³/mol. The fourth-order valence-corrected chi connectivity index (χ4v) is 2.20. The molecule has 1 unspecified atom stereocenters. The van der Waals surface area contributed by atoms with Gasteiger partial charge in [0.1, 0.15) is 12.4 Å². The van der Waals surface area contributed by atoms with E-state index in [4.69, 9.17) is 9.47 Å². The van der Waals surface area contributed by atoms with Crippen LogP contribution in [0.4, 0.5) is 0 Å². The van der Waals surface area contributed by atoms with Crippen molar-refractivity contribution in [3.8, 4) is 17.2 Å². The molecule has 0 saturated carbocycles. The topological polar surface area (TPSA) is 80.2 Å². The number of carbonyl (C=O) groups excluding carboxylic acids is 1. The standard InChI is InChI=1S/C17H16N2O4/c1-11(12-6-2-3-7-13(12)20)18-19-17(21)16-10-22-14-8-4-5-9-15(14)23-16/h2-9,16,20H,10H2,1H3,(H,19,21)/b18-11+. The van der Waals surface area contributed by atoms with Gasteiger partial charge >= 0.3 is 0 Å². The van der Waals surface area contributed by atoms with Crippen molar-refractivity contribution in [1.29, 1.82) is 0 Å². The number of hydrogen-bond acceptors (Lipinski definition) is 5. The Hall–Kier alpha value is -3.02. The van der Waals surface area contributed by atoms with Crippen LogP contribution in [0.25, 0.3) is 0 Å². The second-order valence-electron chi connectivity index (χ2n) is 5.05. The molecule has 1 aliphatic heterocycles. The zero-order valence-electron chi connectivity index (χ0n) is 12.5. The number of carbonyl (C=O) groups is 1. The molecule has 1 atom stereocenters. The van der Waals surface area contributed by atoms with Crippen LogP contribution < -0.4 is 14.9 Å². The molecule has 1 heterocycles. The molecule has 6 heteroatoms. The van der Waals surface area contributed by atoms with E-state index >= 15 is 0 Å². The highest BCUT2D eigenvalue weighted by Gasteiger charge is 2.27. The average Bonchev–Trinajstić information content (AvgIpc) is 2.59. The fraction of sp³-hybridized carbons (Fsp3) is 0.176. The Morgan fingerprint density at radius 1 is 1.17 bits per heavy atom. The van der Waals surface area contributed by atoms with E-state index in [1.54, 1.807) is 43.3 Å². The van der Waals surface area contributed by atoms with Crippen LogP contribution in [-0.2, 0) is 4.79 Å². The largest absolute Gasteiger partial charge is 0.507 e. The van der Waals surface area contributed by atoms with E-state index in [2.05, 4.69) is 10.5 Å². The molecule has 3 rings (SSSR count). The van der Waals surface area contributed by atoms with Gasteiger partial charge in [-0.2, -0.15) is 5.10 Å². The average molecular weight is 312 g/mol. The van der Waals surface area contributed by atoms with Crippen LogP contribution >= 0.6 is 0 Å². The SMILES string of the molecule is C/C(=N\NC(=O)C1COc2ccccc2O1)c1ccccc1O. The van der Waals surface area contributed by atoms with Crippen molar-refractivity contribution in [2.75, 3.05) is 6.61 Å². The quantitative estimate of drug-likeness (QED) is 0.671. The first-order chi connectivity index (χ1) is 11.1. The molecule has 6 nitrogen and oxygen atoms in total. The van der Waals surface area contributed by atoms with E-state index in [1.807, 2.05) is 12.1 Å². The van der Waals surface area contributed by atoms with Gasteiger partial charge in [0, 0.05) is 5.56 Å². The molecule has 23 heavy (non-hydrogen) atoms. The van der Waals surface area contributed by atoms with Crippen LogP contribution in [0.3, 0.4) is 0 Å². The van der Waals surface area contributed by atoms with Gasteiger partial charge in [0.25, 0.3) is 5.91 Å². The van der Waals surface area contributed by atoms with Crippen LogP contribution in [0.2, 0.25) is 0 Å². The summed E-state index contributed by atoms with van der Waals surface area (Å²) in [5, 5.41) is 13.8. The first-order valence-electron chi connectivity index (χ1n) is 7.16. The summed E-state index contributed by atoms with van der Waals surface area (Å²) >= 11 is 0.